The van der Waals surface area contributed by atoms with Crippen LogP contribution in [0.25, 0.3) is 0 Å². The van der Waals surface area contributed by atoms with Gasteiger partial charge in [0.2, 0.25) is 0 Å². The summed E-state index contributed by atoms with van der Waals surface area (Å²) in [7, 11) is 1.69. The predicted molar refractivity (Wildman–Crippen MR) is 66.8 cm³/mol. The number of hydrogen-bond acceptors (Lipinski definition) is 3. The number of methoxy groups -OCH3 is 1. The standard InChI is InChI=1S/C13H19FN2O/c1-17-7-3-6-16-10(9-15)8-11-12(14)4-2-5-13(11)16/h2,4-5,10H,3,6-9,15H2,1H3. The highest BCUT2D eigenvalue weighted by Gasteiger charge is 2.29. The molecule has 0 radical (unpaired) electrons. The van der Waals surface area contributed by atoms with Gasteiger partial charge < -0.3 is 15.4 Å². The van der Waals surface area contributed by atoms with Gasteiger partial charge in [-0.2, -0.15) is 0 Å². The van der Waals surface area contributed by atoms with E-state index in [1.807, 2.05) is 6.07 Å². The average Bonchev–Trinajstić information content (AvgIpc) is 2.70. The van der Waals surface area contributed by atoms with Crippen molar-refractivity contribution in [3.63, 3.8) is 0 Å². The van der Waals surface area contributed by atoms with Crippen LogP contribution in [0.3, 0.4) is 0 Å². The van der Waals surface area contributed by atoms with Crippen LogP contribution in [0.4, 0.5) is 10.1 Å². The maximum Gasteiger partial charge on any atom is 0.128 e. The van der Waals surface area contributed by atoms with Crippen LogP contribution >= 0.6 is 0 Å². The summed E-state index contributed by atoms with van der Waals surface area (Å²) in [6, 6.07) is 5.47. The van der Waals surface area contributed by atoms with Gasteiger partial charge in [0.05, 0.1) is 0 Å². The quantitative estimate of drug-likeness (QED) is 0.791. The second-order valence-corrected chi connectivity index (χ2v) is 4.37. The Morgan fingerprint density at radius 3 is 3.06 bits per heavy atom. The van der Waals surface area contributed by atoms with Gasteiger partial charge in [-0.3, -0.25) is 0 Å². The van der Waals surface area contributed by atoms with Crippen molar-refractivity contribution in [1.29, 1.82) is 0 Å². The van der Waals surface area contributed by atoms with Gasteiger partial charge in [0.25, 0.3) is 0 Å². The number of rotatable bonds is 5. The van der Waals surface area contributed by atoms with Crippen LogP contribution in [0, 0.1) is 5.82 Å². The molecule has 0 amide bonds. The predicted octanol–water partition coefficient (Wildman–Crippen LogP) is 1.55. The Balaban J connectivity index is 2.16. The van der Waals surface area contributed by atoms with Crippen LogP contribution in [-0.4, -0.2) is 32.8 Å². The minimum atomic E-state index is -0.116. The maximum atomic E-state index is 13.7. The molecule has 3 nitrogen and oxygen atoms in total. The van der Waals surface area contributed by atoms with Crippen LogP contribution in [0.2, 0.25) is 0 Å². The highest BCUT2D eigenvalue weighted by Crippen LogP contribution is 2.33. The fraction of sp³-hybridized carbons (Fsp3) is 0.538. The van der Waals surface area contributed by atoms with Gasteiger partial charge >= 0.3 is 0 Å². The number of benzene rings is 1. The lowest BCUT2D eigenvalue weighted by Crippen LogP contribution is -2.38. The van der Waals surface area contributed by atoms with E-state index in [9.17, 15) is 4.39 Å². The highest BCUT2D eigenvalue weighted by molar-refractivity contribution is 5.60. The molecule has 94 valence electrons. The summed E-state index contributed by atoms with van der Waals surface area (Å²) >= 11 is 0. The minimum Gasteiger partial charge on any atom is -0.385 e. The van der Waals surface area contributed by atoms with E-state index in [0.29, 0.717) is 13.0 Å². The first-order valence-electron chi connectivity index (χ1n) is 6.01. The zero-order chi connectivity index (χ0) is 12.3. The molecule has 0 bridgehead atoms. The molecule has 2 N–H and O–H groups in total. The van der Waals surface area contributed by atoms with Crippen molar-refractivity contribution in [3.8, 4) is 0 Å². The Labute approximate surface area is 101 Å². The molecule has 1 aliphatic rings. The van der Waals surface area contributed by atoms with Crippen molar-refractivity contribution in [2.24, 2.45) is 5.73 Å². The van der Waals surface area contributed by atoms with Crippen molar-refractivity contribution in [1.82, 2.24) is 0 Å². The molecule has 4 heteroatoms. The van der Waals surface area contributed by atoms with E-state index in [2.05, 4.69) is 4.90 Å². The Morgan fingerprint density at radius 1 is 1.53 bits per heavy atom. The number of hydrogen-bond donors (Lipinski definition) is 1. The van der Waals surface area contributed by atoms with E-state index < -0.39 is 0 Å². The third-order valence-electron chi connectivity index (χ3n) is 3.30. The number of nitrogens with two attached hydrogens (primary N) is 1. The topological polar surface area (TPSA) is 38.5 Å². The summed E-state index contributed by atoms with van der Waals surface area (Å²) in [6.07, 6.45) is 1.65. The summed E-state index contributed by atoms with van der Waals surface area (Å²) in [5.74, 6) is -0.116. The molecule has 1 heterocycles. The number of ether oxygens (including phenoxy) is 1. The minimum absolute atomic E-state index is 0.116. The molecule has 0 aliphatic carbocycles. The van der Waals surface area contributed by atoms with Gasteiger partial charge in [0, 0.05) is 44.1 Å². The zero-order valence-electron chi connectivity index (χ0n) is 10.2. The molecule has 1 aliphatic heterocycles. The van der Waals surface area contributed by atoms with Crippen LogP contribution < -0.4 is 10.6 Å². The molecule has 0 spiro atoms. The Bertz CT molecular complexity index is 384. The summed E-state index contributed by atoms with van der Waals surface area (Å²) in [4.78, 5) is 2.21. The molecule has 1 unspecified atom stereocenters. The molecule has 2 rings (SSSR count). The number of halogens is 1. The molecule has 0 saturated carbocycles. The van der Waals surface area contributed by atoms with Crippen LogP contribution in [0.5, 0.6) is 0 Å². The molecule has 17 heavy (non-hydrogen) atoms. The fourth-order valence-electron chi connectivity index (χ4n) is 2.45. The number of fused-ring (bicyclic) bond motifs is 1. The summed E-state index contributed by atoms with van der Waals surface area (Å²) in [6.45, 7) is 2.14. The van der Waals surface area contributed by atoms with Crippen molar-refractivity contribution in [2.45, 2.75) is 18.9 Å². The van der Waals surface area contributed by atoms with Crippen LogP contribution in [0.15, 0.2) is 18.2 Å². The lowest BCUT2D eigenvalue weighted by atomic mass is 10.1. The molecular weight excluding hydrogens is 219 g/mol. The molecule has 1 aromatic carbocycles. The van der Waals surface area contributed by atoms with Crippen LogP contribution in [-0.2, 0) is 11.2 Å². The van der Waals surface area contributed by atoms with E-state index in [0.717, 1.165) is 30.8 Å². The SMILES string of the molecule is COCCCN1c2cccc(F)c2CC1CN. The molecule has 0 aromatic heterocycles. The van der Waals surface area contributed by atoms with E-state index >= 15 is 0 Å². The van der Waals surface area contributed by atoms with Gasteiger partial charge in [0.15, 0.2) is 0 Å². The van der Waals surface area contributed by atoms with Crippen molar-refractivity contribution < 1.29 is 9.13 Å². The van der Waals surface area contributed by atoms with E-state index in [4.69, 9.17) is 10.5 Å². The lowest BCUT2D eigenvalue weighted by molar-refractivity contribution is 0.195. The summed E-state index contributed by atoms with van der Waals surface area (Å²) < 4.78 is 18.7. The molecule has 1 atom stereocenters. The Morgan fingerprint density at radius 2 is 2.35 bits per heavy atom. The van der Waals surface area contributed by atoms with E-state index in [1.165, 1.54) is 6.07 Å². The van der Waals surface area contributed by atoms with E-state index in [-0.39, 0.29) is 11.9 Å². The van der Waals surface area contributed by atoms with E-state index in [1.54, 1.807) is 13.2 Å². The van der Waals surface area contributed by atoms with Gasteiger partial charge in [0.1, 0.15) is 5.82 Å². The fourth-order valence-corrected chi connectivity index (χ4v) is 2.45. The summed E-state index contributed by atoms with van der Waals surface area (Å²) in [5.41, 5.74) is 7.57. The zero-order valence-corrected chi connectivity index (χ0v) is 10.2. The van der Waals surface area contributed by atoms with Gasteiger partial charge in [-0.1, -0.05) is 6.07 Å². The first-order chi connectivity index (χ1) is 8.27. The van der Waals surface area contributed by atoms with Gasteiger partial charge in [-0.05, 0) is 25.0 Å². The second-order valence-electron chi connectivity index (χ2n) is 4.37. The molecule has 0 fully saturated rings. The third kappa shape index (κ3) is 2.42. The van der Waals surface area contributed by atoms with Crippen molar-refractivity contribution in [2.75, 3.05) is 31.7 Å². The highest BCUT2D eigenvalue weighted by atomic mass is 19.1. The monoisotopic (exact) mass is 238 g/mol. The Kier molecular flexibility index (Phi) is 3.97. The molecule has 1 aromatic rings. The molecule has 0 saturated heterocycles. The lowest BCUT2D eigenvalue weighted by Gasteiger charge is -2.26. The van der Waals surface area contributed by atoms with Gasteiger partial charge in [-0.25, -0.2) is 4.39 Å². The maximum absolute atomic E-state index is 13.7. The third-order valence-corrected chi connectivity index (χ3v) is 3.30. The Hall–Kier alpha value is -1.13. The first kappa shape index (κ1) is 12.3. The average molecular weight is 238 g/mol. The van der Waals surface area contributed by atoms with Crippen molar-refractivity contribution >= 4 is 5.69 Å². The summed E-state index contributed by atoms with van der Waals surface area (Å²) in [5, 5.41) is 0. The first-order valence-corrected chi connectivity index (χ1v) is 6.01. The smallest absolute Gasteiger partial charge is 0.128 e. The van der Waals surface area contributed by atoms with Crippen LogP contribution in [0.1, 0.15) is 12.0 Å². The van der Waals surface area contributed by atoms with Gasteiger partial charge in [-0.15, -0.1) is 0 Å². The number of nitrogens with zero attached hydrogens (tertiary/aromatic N) is 1. The normalized spacial score (nSPS) is 18.5. The number of anilines is 1. The second kappa shape index (κ2) is 5.47. The largest absolute Gasteiger partial charge is 0.385 e. The molecular formula is C13H19FN2O. The van der Waals surface area contributed by atoms with Crippen molar-refractivity contribution in [3.05, 3.63) is 29.6 Å².